The summed E-state index contributed by atoms with van der Waals surface area (Å²) in [6.07, 6.45) is 0. The van der Waals surface area contributed by atoms with Gasteiger partial charge in [0.2, 0.25) is 0 Å². The van der Waals surface area contributed by atoms with Gasteiger partial charge in [0, 0.05) is 0 Å². The van der Waals surface area contributed by atoms with Crippen LogP contribution in [0.1, 0.15) is 33.4 Å². The van der Waals surface area contributed by atoms with Crippen LogP contribution in [0.5, 0.6) is 17.2 Å². The van der Waals surface area contributed by atoms with Gasteiger partial charge in [-0.15, -0.1) is 17.2 Å². The molecule has 4 heteroatoms. The van der Waals surface area contributed by atoms with Crippen LogP contribution >= 0.6 is 0 Å². The van der Waals surface area contributed by atoms with Gasteiger partial charge in [0.05, 0.1) is 0 Å². The third-order valence-corrected chi connectivity index (χ3v) is 4.23. The standard InChI is InChI=1S/3C8H10O.Sm/c3*1-6-4-3-5-7(2)8(6)9;/h3*3-5,9H,1-2H3;/q;;;+3/p-3. The number of benzene rings is 3. The zero-order chi connectivity index (χ0) is 20.6. The zero-order valence-electron chi connectivity index (χ0n) is 17.3. The van der Waals surface area contributed by atoms with E-state index >= 15 is 0 Å². The Morgan fingerprint density at radius 1 is 0.393 bits per heavy atom. The van der Waals surface area contributed by atoms with E-state index in [1.54, 1.807) is 0 Å². The normalized spacial score (nSPS) is 9.21. The molecule has 0 aliphatic heterocycles. The van der Waals surface area contributed by atoms with Crippen LogP contribution in [0.3, 0.4) is 0 Å². The molecule has 0 fully saturated rings. The van der Waals surface area contributed by atoms with Crippen molar-refractivity contribution in [3.63, 3.8) is 0 Å². The van der Waals surface area contributed by atoms with E-state index in [2.05, 4.69) is 0 Å². The minimum absolute atomic E-state index is 0. The van der Waals surface area contributed by atoms with Gasteiger partial charge in [-0.05, 0) is 41.5 Å². The molecule has 0 aliphatic carbocycles. The van der Waals surface area contributed by atoms with E-state index in [-0.39, 0.29) is 57.6 Å². The third-order valence-electron chi connectivity index (χ3n) is 4.23. The number of aryl methyl sites for hydroxylation is 6. The molecule has 0 N–H and O–H groups in total. The Bertz CT molecular complexity index is 711. The summed E-state index contributed by atoms with van der Waals surface area (Å²) in [5, 5.41) is 32.9. The predicted molar refractivity (Wildman–Crippen MR) is 106 cm³/mol. The van der Waals surface area contributed by atoms with E-state index in [1.165, 1.54) is 0 Å². The number of rotatable bonds is 0. The Balaban J connectivity index is 0.000000384. The molecule has 0 aromatic heterocycles. The van der Waals surface area contributed by atoms with Crippen LogP contribution in [0, 0.1) is 81.9 Å². The van der Waals surface area contributed by atoms with Crippen LogP contribution in [-0.2, 0) is 0 Å². The minimum atomic E-state index is 0. The molecule has 3 rings (SSSR count). The first-order valence-corrected chi connectivity index (χ1v) is 8.84. The summed E-state index contributed by atoms with van der Waals surface area (Å²) in [5.74, 6) is 0.493. The van der Waals surface area contributed by atoms with Gasteiger partial charge >= 0.3 is 40.4 Å². The molecule has 0 saturated carbocycles. The second-order valence-electron chi connectivity index (χ2n) is 6.66. The van der Waals surface area contributed by atoms with Crippen LogP contribution in [0.4, 0.5) is 0 Å². The second kappa shape index (κ2) is 12.8. The van der Waals surface area contributed by atoms with Crippen molar-refractivity contribution in [3.8, 4) is 17.2 Å². The van der Waals surface area contributed by atoms with Gasteiger partial charge in [-0.25, -0.2) is 0 Å². The van der Waals surface area contributed by atoms with Crippen LogP contribution < -0.4 is 15.3 Å². The van der Waals surface area contributed by atoms with Crippen molar-refractivity contribution in [3.05, 3.63) is 88.0 Å². The van der Waals surface area contributed by atoms with E-state index in [4.69, 9.17) is 0 Å². The number of hydrogen-bond donors (Lipinski definition) is 0. The van der Waals surface area contributed by atoms with Crippen LogP contribution in [0.25, 0.3) is 0 Å². The smallest absolute Gasteiger partial charge is 0.872 e. The molecule has 0 spiro atoms. The summed E-state index contributed by atoms with van der Waals surface area (Å²) in [5.41, 5.74) is 4.97. The quantitative estimate of drug-likeness (QED) is 0.454. The van der Waals surface area contributed by atoms with Crippen molar-refractivity contribution in [1.29, 1.82) is 0 Å². The Kier molecular flexibility index (Phi) is 12.0. The fourth-order valence-corrected chi connectivity index (χ4v) is 2.40. The molecule has 0 unspecified atom stereocenters. The SMILES string of the molecule is Cc1cccc(C)c1[O-].Cc1cccc(C)c1[O-].Cc1cccc(C)c1[O-].[Sm+3]. The summed E-state index contributed by atoms with van der Waals surface area (Å²) in [6, 6.07) is 16.7. The fourth-order valence-electron chi connectivity index (χ4n) is 2.40. The van der Waals surface area contributed by atoms with Crippen LogP contribution in [0.2, 0.25) is 0 Å². The maximum absolute atomic E-state index is 11.0. The Morgan fingerprint density at radius 2 is 0.536 bits per heavy atom. The fraction of sp³-hybridized carbons (Fsp3) is 0.250. The number of para-hydroxylation sites is 3. The third kappa shape index (κ3) is 8.18. The molecule has 1 radical (unpaired) electrons. The average molecular weight is 514 g/mol. The first-order chi connectivity index (χ1) is 12.6. The molecule has 28 heavy (non-hydrogen) atoms. The van der Waals surface area contributed by atoms with Crippen molar-refractivity contribution >= 4 is 0 Å². The largest absolute Gasteiger partial charge is 3.00 e. The van der Waals surface area contributed by atoms with Gasteiger partial charge < -0.3 is 15.3 Å². The van der Waals surface area contributed by atoms with Crippen molar-refractivity contribution in [2.75, 3.05) is 0 Å². The van der Waals surface area contributed by atoms with E-state index in [0.717, 1.165) is 33.4 Å². The van der Waals surface area contributed by atoms with Gasteiger partial charge in [-0.2, -0.15) is 0 Å². The zero-order valence-corrected chi connectivity index (χ0v) is 19.9. The second-order valence-corrected chi connectivity index (χ2v) is 6.66. The monoisotopic (exact) mass is 515 g/mol. The minimum Gasteiger partial charge on any atom is -0.872 e. The molecule has 0 aliphatic rings. The Morgan fingerprint density at radius 3 is 0.643 bits per heavy atom. The first kappa shape index (κ1) is 26.4. The van der Waals surface area contributed by atoms with Crippen molar-refractivity contribution in [1.82, 2.24) is 0 Å². The molecule has 3 aromatic carbocycles. The van der Waals surface area contributed by atoms with Crippen molar-refractivity contribution in [2.24, 2.45) is 0 Å². The topological polar surface area (TPSA) is 69.2 Å². The van der Waals surface area contributed by atoms with E-state index in [0.29, 0.717) is 0 Å². The molecule has 0 saturated heterocycles. The van der Waals surface area contributed by atoms with Gasteiger partial charge in [0.1, 0.15) is 0 Å². The molecule has 0 heterocycles. The molecule has 0 atom stereocenters. The maximum atomic E-state index is 11.0. The molecular weight excluding hydrogens is 487 g/mol. The molecule has 3 nitrogen and oxygen atoms in total. The molecule has 147 valence electrons. The summed E-state index contributed by atoms with van der Waals surface area (Å²) in [7, 11) is 0. The van der Waals surface area contributed by atoms with Crippen molar-refractivity contribution < 1.29 is 55.7 Å². The molecule has 0 amide bonds. The predicted octanol–water partition coefficient (Wildman–Crippen LogP) is 4.13. The summed E-state index contributed by atoms with van der Waals surface area (Å²) in [4.78, 5) is 0. The first-order valence-electron chi connectivity index (χ1n) is 8.84. The van der Waals surface area contributed by atoms with Gasteiger partial charge in [0.15, 0.2) is 0 Å². The van der Waals surface area contributed by atoms with Crippen molar-refractivity contribution in [2.45, 2.75) is 41.5 Å². The Labute approximate surface area is 201 Å². The van der Waals surface area contributed by atoms with Gasteiger partial charge in [-0.1, -0.05) is 88.0 Å². The van der Waals surface area contributed by atoms with E-state index < -0.39 is 0 Å². The Hall–Kier alpha value is -1.60. The van der Waals surface area contributed by atoms with Gasteiger partial charge in [0.25, 0.3) is 0 Å². The summed E-state index contributed by atoms with van der Waals surface area (Å²) in [6.45, 7) is 11.0. The van der Waals surface area contributed by atoms with E-state index in [9.17, 15) is 15.3 Å². The van der Waals surface area contributed by atoms with E-state index in [1.807, 2.05) is 96.1 Å². The average Bonchev–Trinajstić information content (AvgIpc) is 2.63. The molecule has 0 bridgehead atoms. The molecule has 3 aromatic rings. The van der Waals surface area contributed by atoms with Gasteiger partial charge in [-0.3, -0.25) is 0 Å². The van der Waals surface area contributed by atoms with Crippen LogP contribution in [0.15, 0.2) is 54.6 Å². The van der Waals surface area contributed by atoms with Crippen LogP contribution in [-0.4, -0.2) is 0 Å². The summed E-state index contributed by atoms with van der Waals surface area (Å²) < 4.78 is 0. The summed E-state index contributed by atoms with van der Waals surface area (Å²) >= 11 is 0. The molecular formula is C24H27O3Sm. The number of hydrogen-bond acceptors (Lipinski definition) is 3. The maximum Gasteiger partial charge on any atom is 3.00 e.